The fraction of sp³-hybridized carbons (Fsp3) is 1.00. The molecular formula is C17H35NO4. The summed E-state index contributed by atoms with van der Waals surface area (Å²) in [4.78, 5) is 0. The molecular weight excluding hydrogens is 282 g/mol. The van der Waals surface area contributed by atoms with Crippen LogP contribution in [-0.4, -0.2) is 57.4 Å². The SMILES string of the molecule is CCCCCCCCCC(O)C[C@H]1C[C@H](O)[C@@H](O)[C@@H](CO)N1. The Morgan fingerprint density at radius 3 is 2.32 bits per heavy atom. The maximum atomic E-state index is 10.1. The lowest BCUT2D eigenvalue weighted by molar-refractivity contribution is -0.0559. The monoisotopic (exact) mass is 317 g/mol. The predicted octanol–water partition coefficient (Wildman–Crippen LogP) is 1.32. The van der Waals surface area contributed by atoms with Crippen molar-refractivity contribution in [3.8, 4) is 0 Å². The molecule has 0 aliphatic carbocycles. The van der Waals surface area contributed by atoms with Crippen LogP contribution in [0.1, 0.15) is 71.1 Å². The minimum Gasteiger partial charge on any atom is -0.395 e. The number of hydrogen-bond donors (Lipinski definition) is 5. The van der Waals surface area contributed by atoms with Crippen molar-refractivity contribution in [2.75, 3.05) is 6.61 Å². The van der Waals surface area contributed by atoms with Gasteiger partial charge in [-0.05, 0) is 19.3 Å². The molecule has 1 heterocycles. The van der Waals surface area contributed by atoms with Gasteiger partial charge in [-0.1, -0.05) is 51.9 Å². The van der Waals surface area contributed by atoms with Gasteiger partial charge in [0.2, 0.25) is 0 Å². The van der Waals surface area contributed by atoms with Gasteiger partial charge in [0.05, 0.1) is 31.0 Å². The van der Waals surface area contributed by atoms with Gasteiger partial charge < -0.3 is 25.7 Å². The molecule has 5 nitrogen and oxygen atoms in total. The third-order valence-corrected chi connectivity index (χ3v) is 4.68. The predicted molar refractivity (Wildman–Crippen MR) is 87.7 cm³/mol. The first kappa shape index (κ1) is 19.8. The van der Waals surface area contributed by atoms with Crippen molar-refractivity contribution in [3.63, 3.8) is 0 Å². The fourth-order valence-corrected chi connectivity index (χ4v) is 3.28. The number of unbranched alkanes of at least 4 members (excludes halogenated alkanes) is 6. The fourth-order valence-electron chi connectivity index (χ4n) is 3.28. The van der Waals surface area contributed by atoms with Crippen LogP contribution < -0.4 is 5.32 Å². The lowest BCUT2D eigenvalue weighted by atomic mass is 9.89. The molecule has 0 bridgehead atoms. The van der Waals surface area contributed by atoms with Crippen LogP contribution in [-0.2, 0) is 0 Å². The molecule has 1 unspecified atom stereocenters. The van der Waals surface area contributed by atoms with Crippen LogP contribution in [0.3, 0.4) is 0 Å². The molecule has 1 fully saturated rings. The Morgan fingerprint density at radius 2 is 1.68 bits per heavy atom. The summed E-state index contributed by atoms with van der Waals surface area (Å²) in [5.41, 5.74) is 0. The van der Waals surface area contributed by atoms with E-state index >= 15 is 0 Å². The first-order valence-corrected chi connectivity index (χ1v) is 8.99. The first-order valence-electron chi connectivity index (χ1n) is 8.99. The van der Waals surface area contributed by atoms with Gasteiger partial charge in [-0.15, -0.1) is 0 Å². The summed E-state index contributed by atoms with van der Waals surface area (Å²) >= 11 is 0. The van der Waals surface area contributed by atoms with Crippen LogP contribution in [0.15, 0.2) is 0 Å². The second-order valence-corrected chi connectivity index (χ2v) is 6.75. The normalized spacial score (nSPS) is 30.4. The Labute approximate surface area is 134 Å². The van der Waals surface area contributed by atoms with Gasteiger partial charge in [-0.3, -0.25) is 0 Å². The van der Waals surface area contributed by atoms with Crippen molar-refractivity contribution in [2.24, 2.45) is 0 Å². The van der Waals surface area contributed by atoms with Crippen molar-refractivity contribution in [2.45, 2.75) is 102 Å². The number of piperidine rings is 1. The standard InChI is InChI=1S/C17H35NO4/c1-2-3-4-5-6-7-8-9-14(20)10-13-11-16(21)17(22)15(12-19)18-13/h13-22H,2-12H2,1H3/t13-,14?,15+,16-,17-/m0/s1. The van der Waals surface area contributed by atoms with Gasteiger partial charge in [0, 0.05) is 6.04 Å². The maximum absolute atomic E-state index is 10.1. The van der Waals surface area contributed by atoms with E-state index in [1.54, 1.807) is 0 Å². The van der Waals surface area contributed by atoms with E-state index in [0.717, 1.165) is 12.8 Å². The smallest absolute Gasteiger partial charge is 0.0974 e. The molecule has 5 atom stereocenters. The molecule has 0 radical (unpaired) electrons. The molecule has 0 aromatic rings. The second-order valence-electron chi connectivity index (χ2n) is 6.75. The molecule has 0 saturated carbocycles. The molecule has 1 aliphatic rings. The van der Waals surface area contributed by atoms with Gasteiger partial charge in [-0.25, -0.2) is 0 Å². The Hall–Kier alpha value is -0.200. The van der Waals surface area contributed by atoms with Crippen LogP contribution in [0.4, 0.5) is 0 Å². The van der Waals surface area contributed by atoms with E-state index < -0.39 is 18.2 Å². The van der Waals surface area contributed by atoms with Crippen LogP contribution in [0.25, 0.3) is 0 Å². The third-order valence-electron chi connectivity index (χ3n) is 4.68. The number of aliphatic hydroxyl groups is 4. The molecule has 1 saturated heterocycles. The van der Waals surface area contributed by atoms with Crippen LogP contribution in [0.5, 0.6) is 0 Å². The van der Waals surface area contributed by atoms with E-state index in [-0.39, 0.29) is 18.8 Å². The van der Waals surface area contributed by atoms with E-state index in [1.165, 1.54) is 38.5 Å². The summed E-state index contributed by atoms with van der Waals surface area (Å²) in [7, 11) is 0. The van der Waals surface area contributed by atoms with Crippen LogP contribution in [0.2, 0.25) is 0 Å². The Bertz CT molecular complexity index is 277. The van der Waals surface area contributed by atoms with Crippen LogP contribution in [0, 0.1) is 0 Å². The summed E-state index contributed by atoms with van der Waals surface area (Å²) in [5, 5.41) is 41.9. The molecule has 132 valence electrons. The van der Waals surface area contributed by atoms with Crippen molar-refractivity contribution in [3.05, 3.63) is 0 Å². The lowest BCUT2D eigenvalue weighted by Crippen LogP contribution is -2.59. The molecule has 5 N–H and O–H groups in total. The molecule has 0 aromatic heterocycles. The minimum atomic E-state index is -0.929. The van der Waals surface area contributed by atoms with E-state index in [1.807, 2.05) is 0 Å². The maximum Gasteiger partial charge on any atom is 0.0974 e. The van der Waals surface area contributed by atoms with Crippen molar-refractivity contribution >= 4 is 0 Å². The second kappa shape index (κ2) is 11.4. The molecule has 1 rings (SSSR count). The summed E-state index contributed by atoms with van der Waals surface area (Å²) in [5.74, 6) is 0. The van der Waals surface area contributed by atoms with Crippen molar-refractivity contribution < 1.29 is 20.4 Å². The third kappa shape index (κ3) is 7.38. The van der Waals surface area contributed by atoms with E-state index in [4.69, 9.17) is 0 Å². The quantitative estimate of drug-likeness (QED) is 0.371. The minimum absolute atomic E-state index is 0.0462. The van der Waals surface area contributed by atoms with E-state index in [9.17, 15) is 20.4 Å². The van der Waals surface area contributed by atoms with Gasteiger partial charge in [0.25, 0.3) is 0 Å². The van der Waals surface area contributed by atoms with Gasteiger partial charge in [-0.2, -0.15) is 0 Å². The topological polar surface area (TPSA) is 93.0 Å². The average molecular weight is 317 g/mol. The highest BCUT2D eigenvalue weighted by Crippen LogP contribution is 2.20. The van der Waals surface area contributed by atoms with Gasteiger partial charge in [0.1, 0.15) is 0 Å². The first-order chi connectivity index (χ1) is 10.6. The number of hydrogen-bond acceptors (Lipinski definition) is 5. The Balaban J connectivity index is 2.12. The zero-order chi connectivity index (χ0) is 16.4. The Morgan fingerprint density at radius 1 is 1.05 bits per heavy atom. The van der Waals surface area contributed by atoms with Crippen molar-refractivity contribution in [1.82, 2.24) is 5.32 Å². The molecule has 0 spiro atoms. The number of nitrogens with one attached hydrogen (secondary N) is 1. The molecule has 1 aliphatic heterocycles. The van der Waals surface area contributed by atoms with E-state index in [0.29, 0.717) is 12.8 Å². The highest BCUT2D eigenvalue weighted by Gasteiger charge is 2.35. The zero-order valence-corrected chi connectivity index (χ0v) is 14.0. The molecule has 0 aromatic carbocycles. The Kier molecular flexibility index (Phi) is 10.2. The zero-order valence-electron chi connectivity index (χ0n) is 14.0. The average Bonchev–Trinajstić information content (AvgIpc) is 2.49. The van der Waals surface area contributed by atoms with Crippen molar-refractivity contribution in [1.29, 1.82) is 0 Å². The summed E-state index contributed by atoms with van der Waals surface area (Å²) in [6.45, 7) is 2.01. The van der Waals surface area contributed by atoms with Gasteiger partial charge in [0.15, 0.2) is 0 Å². The summed E-state index contributed by atoms with van der Waals surface area (Å²) < 4.78 is 0. The number of rotatable bonds is 11. The highest BCUT2D eigenvalue weighted by atomic mass is 16.3. The van der Waals surface area contributed by atoms with Gasteiger partial charge >= 0.3 is 0 Å². The molecule has 22 heavy (non-hydrogen) atoms. The molecule has 5 heteroatoms. The number of aliphatic hydroxyl groups excluding tert-OH is 4. The van der Waals surface area contributed by atoms with E-state index in [2.05, 4.69) is 12.2 Å². The molecule has 0 amide bonds. The summed E-state index contributed by atoms with van der Waals surface area (Å²) in [6.07, 6.45) is 8.27. The highest BCUT2D eigenvalue weighted by molar-refractivity contribution is 4.92. The largest absolute Gasteiger partial charge is 0.395 e. The summed E-state index contributed by atoms with van der Waals surface area (Å²) in [6, 6.07) is -0.547. The lowest BCUT2D eigenvalue weighted by Gasteiger charge is -2.38. The van der Waals surface area contributed by atoms with Crippen LogP contribution >= 0.6 is 0 Å².